The molecule has 3 aromatic rings. The number of aromatic amines is 1. The fourth-order valence-corrected chi connectivity index (χ4v) is 3.08. The summed E-state index contributed by atoms with van der Waals surface area (Å²) in [5.41, 5.74) is 3.96. The number of benzene rings is 1. The average molecular weight is 336 g/mol. The minimum absolute atomic E-state index is 0.0384. The molecule has 1 amide bonds. The molecule has 3 N–H and O–H groups in total. The van der Waals surface area contributed by atoms with Gasteiger partial charge in [0, 0.05) is 31.4 Å². The van der Waals surface area contributed by atoms with Crippen molar-refractivity contribution in [1.29, 1.82) is 0 Å². The van der Waals surface area contributed by atoms with E-state index < -0.39 is 0 Å². The van der Waals surface area contributed by atoms with Crippen LogP contribution < -0.4 is 10.6 Å². The molecule has 0 saturated heterocycles. The van der Waals surface area contributed by atoms with Crippen molar-refractivity contribution in [3.05, 3.63) is 66.0 Å². The molecule has 128 valence electrons. The van der Waals surface area contributed by atoms with E-state index in [1.807, 2.05) is 47.4 Å². The molecule has 2 aromatic heterocycles. The first-order chi connectivity index (χ1) is 12.3. The molecule has 1 aliphatic heterocycles. The van der Waals surface area contributed by atoms with Gasteiger partial charge in [-0.25, -0.2) is 9.67 Å². The monoisotopic (exact) mass is 336 g/mol. The molecule has 25 heavy (non-hydrogen) atoms. The van der Waals surface area contributed by atoms with Crippen LogP contribution in [0.5, 0.6) is 0 Å². The van der Waals surface area contributed by atoms with E-state index in [1.54, 1.807) is 6.33 Å². The van der Waals surface area contributed by atoms with Crippen LogP contribution in [0, 0.1) is 0 Å². The fourth-order valence-electron chi connectivity index (χ4n) is 3.08. The molecule has 0 radical (unpaired) electrons. The highest BCUT2D eigenvalue weighted by Gasteiger charge is 2.27. The number of hydrogen-bond donors (Lipinski definition) is 3. The number of aromatic nitrogens is 4. The maximum atomic E-state index is 12.4. The summed E-state index contributed by atoms with van der Waals surface area (Å²) in [7, 11) is 0. The molecule has 0 fully saturated rings. The van der Waals surface area contributed by atoms with Crippen molar-refractivity contribution in [2.75, 3.05) is 13.1 Å². The summed E-state index contributed by atoms with van der Waals surface area (Å²) in [6, 6.07) is 9.59. The van der Waals surface area contributed by atoms with Crippen LogP contribution >= 0.6 is 0 Å². The molecule has 0 spiro atoms. The zero-order valence-electron chi connectivity index (χ0n) is 13.8. The number of carbonyl (C=O) groups excluding carboxylic acids is 1. The summed E-state index contributed by atoms with van der Waals surface area (Å²) in [5, 5.41) is 10.6. The third-order valence-electron chi connectivity index (χ3n) is 4.38. The molecule has 0 bridgehead atoms. The van der Waals surface area contributed by atoms with Gasteiger partial charge < -0.3 is 15.6 Å². The molecule has 1 aliphatic rings. The minimum atomic E-state index is -0.373. The third-order valence-corrected chi connectivity index (χ3v) is 4.38. The van der Waals surface area contributed by atoms with Crippen molar-refractivity contribution in [2.45, 2.75) is 18.9 Å². The van der Waals surface area contributed by atoms with E-state index in [4.69, 9.17) is 0 Å². The summed E-state index contributed by atoms with van der Waals surface area (Å²) in [4.78, 5) is 19.8. The normalized spacial score (nSPS) is 16.4. The van der Waals surface area contributed by atoms with Crippen molar-refractivity contribution in [3.63, 3.8) is 0 Å². The average Bonchev–Trinajstić information content (AvgIpc) is 3.31. The molecular formula is C18H20N6O. The van der Waals surface area contributed by atoms with Crippen LogP contribution in [0.3, 0.4) is 0 Å². The van der Waals surface area contributed by atoms with E-state index >= 15 is 0 Å². The number of fused-ring (bicyclic) bond motifs is 1. The van der Waals surface area contributed by atoms with E-state index in [9.17, 15) is 4.79 Å². The number of hydrogen-bond acceptors (Lipinski definition) is 4. The Kier molecular flexibility index (Phi) is 4.30. The van der Waals surface area contributed by atoms with Gasteiger partial charge in [0.05, 0.1) is 23.9 Å². The molecule has 1 atom stereocenters. The lowest BCUT2D eigenvalue weighted by Gasteiger charge is -2.22. The van der Waals surface area contributed by atoms with Crippen LogP contribution in [0.2, 0.25) is 0 Å². The first-order valence-corrected chi connectivity index (χ1v) is 8.43. The number of imidazole rings is 1. The Balaban J connectivity index is 1.33. The lowest BCUT2D eigenvalue weighted by molar-refractivity contribution is -0.123. The summed E-state index contributed by atoms with van der Waals surface area (Å²) < 4.78 is 1.84. The van der Waals surface area contributed by atoms with E-state index in [0.29, 0.717) is 6.54 Å². The summed E-state index contributed by atoms with van der Waals surface area (Å²) in [6.07, 6.45) is 7.09. The fraction of sp³-hybridized carbons (Fsp3) is 0.278. The van der Waals surface area contributed by atoms with E-state index in [1.165, 1.54) is 0 Å². The lowest BCUT2D eigenvalue weighted by Crippen LogP contribution is -2.42. The van der Waals surface area contributed by atoms with Crippen LogP contribution in [0.4, 0.5) is 0 Å². The third kappa shape index (κ3) is 3.32. The van der Waals surface area contributed by atoms with Gasteiger partial charge in [0.25, 0.3) is 0 Å². The maximum absolute atomic E-state index is 12.4. The SMILES string of the molecule is O=C(NCCc1cnn(-c2ccccc2)c1)C1NCCc2[nH]cnc21. The van der Waals surface area contributed by atoms with Gasteiger partial charge in [0.15, 0.2) is 0 Å². The number of amides is 1. The first-order valence-electron chi connectivity index (χ1n) is 8.43. The smallest absolute Gasteiger partial charge is 0.243 e. The molecule has 0 aliphatic carbocycles. The van der Waals surface area contributed by atoms with Crippen molar-refractivity contribution in [3.8, 4) is 5.69 Å². The molecule has 0 saturated carbocycles. The summed E-state index contributed by atoms with van der Waals surface area (Å²) >= 11 is 0. The lowest BCUT2D eigenvalue weighted by atomic mass is 10.0. The zero-order valence-corrected chi connectivity index (χ0v) is 13.8. The molecule has 1 unspecified atom stereocenters. The minimum Gasteiger partial charge on any atom is -0.354 e. The highest BCUT2D eigenvalue weighted by atomic mass is 16.2. The van der Waals surface area contributed by atoms with Crippen molar-refractivity contribution in [1.82, 2.24) is 30.4 Å². The maximum Gasteiger partial charge on any atom is 0.243 e. The number of H-pyrrole nitrogens is 1. The van der Waals surface area contributed by atoms with Gasteiger partial charge in [-0.1, -0.05) is 18.2 Å². The number of nitrogens with one attached hydrogen (secondary N) is 3. The Morgan fingerprint density at radius 1 is 1.32 bits per heavy atom. The van der Waals surface area contributed by atoms with Gasteiger partial charge >= 0.3 is 0 Å². The van der Waals surface area contributed by atoms with Crippen LogP contribution in [0.25, 0.3) is 5.69 Å². The summed E-state index contributed by atoms with van der Waals surface area (Å²) in [5.74, 6) is -0.0384. The Morgan fingerprint density at radius 2 is 2.20 bits per heavy atom. The molecule has 3 heterocycles. The Bertz CT molecular complexity index is 853. The van der Waals surface area contributed by atoms with Crippen molar-refractivity contribution in [2.24, 2.45) is 0 Å². The highest BCUT2D eigenvalue weighted by molar-refractivity contribution is 5.83. The molecule has 1 aromatic carbocycles. The predicted molar refractivity (Wildman–Crippen MR) is 93.3 cm³/mol. The largest absolute Gasteiger partial charge is 0.354 e. The number of carbonyl (C=O) groups is 1. The Hall–Kier alpha value is -2.93. The second-order valence-electron chi connectivity index (χ2n) is 6.07. The van der Waals surface area contributed by atoms with Gasteiger partial charge in [-0.2, -0.15) is 5.10 Å². The molecule has 4 rings (SSSR count). The van der Waals surface area contributed by atoms with E-state index in [2.05, 4.69) is 25.7 Å². The second kappa shape index (κ2) is 6.90. The molecule has 7 heteroatoms. The Morgan fingerprint density at radius 3 is 3.08 bits per heavy atom. The van der Waals surface area contributed by atoms with Gasteiger partial charge in [-0.05, 0) is 24.1 Å². The zero-order chi connectivity index (χ0) is 17.1. The highest BCUT2D eigenvalue weighted by Crippen LogP contribution is 2.19. The van der Waals surface area contributed by atoms with Crippen LogP contribution in [0.15, 0.2) is 49.1 Å². The van der Waals surface area contributed by atoms with Gasteiger partial charge in [0.1, 0.15) is 6.04 Å². The number of para-hydroxylation sites is 1. The van der Waals surface area contributed by atoms with Crippen LogP contribution in [-0.4, -0.2) is 38.7 Å². The predicted octanol–water partition coefficient (Wildman–Crippen LogP) is 1.14. The van der Waals surface area contributed by atoms with Gasteiger partial charge in [-0.3, -0.25) is 4.79 Å². The van der Waals surface area contributed by atoms with Crippen molar-refractivity contribution < 1.29 is 4.79 Å². The van der Waals surface area contributed by atoms with Crippen LogP contribution in [0.1, 0.15) is 23.0 Å². The first kappa shape index (κ1) is 15.6. The topological polar surface area (TPSA) is 87.6 Å². The van der Waals surface area contributed by atoms with Gasteiger partial charge in [-0.15, -0.1) is 0 Å². The number of nitrogens with zero attached hydrogens (tertiary/aromatic N) is 3. The quantitative estimate of drug-likeness (QED) is 0.652. The second-order valence-corrected chi connectivity index (χ2v) is 6.07. The van der Waals surface area contributed by atoms with E-state index in [0.717, 1.165) is 42.0 Å². The summed E-state index contributed by atoms with van der Waals surface area (Å²) in [6.45, 7) is 1.34. The molecular weight excluding hydrogens is 316 g/mol. The van der Waals surface area contributed by atoms with Crippen LogP contribution in [-0.2, 0) is 17.6 Å². The standard InChI is InChI=1S/C18H20N6O/c25-18(17-16-15(7-9-19-17)21-12-22-16)20-8-6-13-10-23-24(11-13)14-4-2-1-3-5-14/h1-5,10-12,17,19H,6-9H2,(H,20,25)(H,21,22). The van der Waals surface area contributed by atoms with Crippen molar-refractivity contribution >= 4 is 5.91 Å². The van der Waals surface area contributed by atoms with Gasteiger partial charge in [0.2, 0.25) is 5.91 Å². The number of rotatable bonds is 5. The molecule has 7 nitrogen and oxygen atoms in total. The van der Waals surface area contributed by atoms with E-state index in [-0.39, 0.29) is 11.9 Å². The Labute approximate surface area is 145 Å².